The first-order valence-corrected chi connectivity index (χ1v) is 10.8. The average Bonchev–Trinajstić information content (AvgIpc) is 2.34. The molecule has 0 aliphatic rings. The van der Waals surface area contributed by atoms with Gasteiger partial charge in [0.25, 0.3) is 0 Å². The van der Waals surface area contributed by atoms with Crippen LogP contribution in [0.25, 0.3) is 0 Å². The normalized spacial score (nSPS) is 12.7. The number of carbonyl (C=O) groups is 1. The van der Waals surface area contributed by atoms with E-state index in [0.29, 0.717) is 19.8 Å². The minimum atomic E-state index is -2.55. The number of thioether (sulfide) groups is 1. The highest BCUT2D eigenvalue weighted by Crippen LogP contribution is 2.26. The molecule has 0 aromatic rings. The molecule has 0 radical (unpaired) electrons. The predicted molar refractivity (Wildman–Crippen MR) is 90.5 cm³/mol. The summed E-state index contributed by atoms with van der Waals surface area (Å²) in [6.07, 6.45) is 0.853. The lowest BCUT2D eigenvalue weighted by molar-refractivity contribution is -0.112. The average molecular weight is 387 g/mol. The fourth-order valence-corrected chi connectivity index (χ4v) is 5.66. The van der Waals surface area contributed by atoms with Crippen LogP contribution >= 0.6 is 27.7 Å². The van der Waals surface area contributed by atoms with Crippen LogP contribution in [0.4, 0.5) is 0 Å². The van der Waals surface area contributed by atoms with E-state index >= 15 is 0 Å². The van der Waals surface area contributed by atoms with E-state index in [4.69, 9.17) is 13.3 Å². The van der Waals surface area contributed by atoms with Gasteiger partial charge in [-0.15, -0.1) is 0 Å². The SMILES string of the molecule is CCO[Si](CCCSC(=O)C(C)(C)Br)(OCC)OCC. The molecule has 0 spiro atoms. The second-order valence-corrected chi connectivity index (χ2v) is 10.5. The lowest BCUT2D eigenvalue weighted by Gasteiger charge is -2.28. The fourth-order valence-electron chi connectivity index (χ4n) is 1.63. The van der Waals surface area contributed by atoms with Crippen LogP contribution in [0.1, 0.15) is 41.0 Å². The van der Waals surface area contributed by atoms with Gasteiger partial charge in [-0.05, 0) is 41.0 Å². The van der Waals surface area contributed by atoms with Gasteiger partial charge in [-0.2, -0.15) is 0 Å². The quantitative estimate of drug-likeness (QED) is 0.306. The van der Waals surface area contributed by atoms with Crippen LogP contribution in [0.15, 0.2) is 0 Å². The molecule has 20 heavy (non-hydrogen) atoms. The highest BCUT2D eigenvalue weighted by atomic mass is 79.9. The Bertz CT molecular complexity index is 267. The van der Waals surface area contributed by atoms with Crippen molar-refractivity contribution >= 4 is 41.6 Å². The zero-order chi connectivity index (χ0) is 15.6. The molecule has 0 saturated heterocycles. The van der Waals surface area contributed by atoms with Gasteiger partial charge in [0.05, 0.1) is 4.32 Å². The summed E-state index contributed by atoms with van der Waals surface area (Å²) in [4.78, 5) is 11.8. The predicted octanol–water partition coefficient (Wildman–Crippen LogP) is 3.86. The molecule has 4 nitrogen and oxygen atoms in total. The van der Waals surface area contributed by atoms with E-state index in [0.717, 1.165) is 18.2 Å². The Labute approximate surface area is 136 Å². The van der Waals surface area contributed by atoms with Gasteiger partial charge in [-0.3, -0.25) is 4.79 Å². The second kappa shape index (κ2) is 10.3. The maximum atomic E-state index is 11.8. The molecule has 0 saturated carbocycles. The van der Waals surface area contributed by atoms with Crippen molar-refractivity contribution in [3.63, 3.8) is 0 Å². The first-order valence-electron chi connectivity index (χ1n) is 7.09. The van der Waals surface area contributed by atoms with E-state index in [1.54, 1.807) is 0 Å². The van der Waals surface area contributed by atoms with Crippen molar-refractivity contribution in [3.05, 3.63) is 0 Å². The van der Waals surface area contributed by atoms with Crippen molar-refractivity contribution in [2.45, 2.75) is 51.4 Å². The molecule has 0 N–H and O–H groups in total. The summed E-state index contributed by atoms with van der Waals surface area (Å²) in [7, 11) is -2.55. The van der Waals surface area contributed by atoms with E-state index < -0.39 is 13.1 Å². The number of hydrogen-bond acceptors (Lipinski definition) is 5. The van der Waals surface area contributed by atoms with Gasteiger partial charge >= 0.3 is 8.80 Å². The van der Waals surface area contributed by atoms with Gasteiger partial charge < -0.3 is 13.3 Å². The molecule has 0 fully saturated rings. The molecule has 0 amide bonds. The number of alkyl halides is 1. The third-order valence-electron chi connectivity index (χ3n) is 2.44. The third kappa shape index (κ3) is 8.14. The number of rotatable bonds is 11. The van der Waals surface area contributed by atoms with Crippen LogP contribution < -0.4 is 0 Å². The molecular formula is C13H27BrO4SSi. The molecule has 120 valence electrons. The molecule has 0 unspecified atom stereocenters. The van der Waals surface area contributed by atoms with Crippen LogP contribution in [0.5, 0.6) is 0 Å². The van der Waals surface area contributed by atoms with Crippen molar-refractivity contribution < 1.29 is 18.1 Å². The summed E-state index contributed by atoms with van der Waals surface area (Å²) in [5.74, 6) is 0.760. The molecule has 0 rings (SSSR count). The summed E-state index contributed by atoms with van der Waals surface area (Å²) >= 11 is 4.72. The van der Waals surface area contributed by atoms with Crippen LogP contribution in [0.2, 0.25) is 6.04 Å². The topological polar surface area (TPSA) is 44.8 Å². The van der Waals surface area contributed by atoms with Gasteiger partial charge in [0, 0.05) is 31.6 Å². The monoisotopic (exact) mass is 386 g/mol. The van der Waals surface area contributed by atoms with E-state index in [1.807, 2.05) is 34.6 Å². The van der Waals surface area contributed by atoms with Crippen molar-refractivity contribution in [1.29, 1.82) is 0 Å². The Balaban J connectivity index is 4.29. The van der Waals surface area contributed by atoms with Crippen LogP contribution in [-0.2, 0) is 18.1 Å². The van der Waals surface area contributed by atoms with Crippen LogP contribution in [0, 0.1) is 0 Å². The van der Waals surface area contributed by atoms with Crippen molar-refractivity contribution in [2.75, 3.05) is 25.6 Å². The minimum Gasteiger partial charge on any atom is -0.374 e. The summed E-state index contributed by atoms with van der Waals surface area (Å²) in [5.41, 5.74) is 0. The van der Waals surface area contributed by atoms with Gasteiger partial charge in [-0.25, -0.2) is 0 Å². The summed E-state index contributed by atoms with van der Waals surface area (Å²) in [6, 6.07) is 0.755. The molecule has 0 aliphatic carbocycles. The Morgan fingerprint density at radius 1 is 1.10 bits per heavy atom. The first-order chi connectivity index (χ1) is 9.31. The van der Waals surface area contributed by atoms with E-state index in [9.17, 15) is 4.79 Å². The van der Waals surface area contributed by atoms with Crippen LogP contribution in [0.3, 0.4) is 0 Å². The maximum absolute atomic E-state index is 11.8. The summed E-state index contributed by atoms with van der Waals surface area (Å²) in [5, 5.41) is 0.147. The fraction of sp³-hybridized carbons (Fsp3) is 0.923. The third-order valence-corrected chi connectivity index (χ3v) is 7.48. The van der Waals surface area contributed by atoms with Crippen molar-refractivity contribution in [3.8, 4) is 0 Å². The zero-order valence-corrected chi connectivity index (χ0v) is 16.6. The van der Waals surface area contributed by atoms with E-state index in [-0.39, 0.29) is 5.12 Å². The van der Waals surface area contributed by atoms with Gasteiger partial charge in [0.15, 0.2) is 0 Å². The minimum absolute atomic E-state index is 0.147. The molecule has 0 heterocycles. The molecule has 0 aromatic heterocycles. The molecule has 0 aliphatic heterocycles. The van der Waals surface area contributed by atoms with E-state index in [1.165, 1.54) is 11.8 Å². The Hall–Kier alpha value is 0.597. The maximum Gasteiger partial charge on any atom is 0.500 e. The van der Waals surface area contributed by atoms with Crippen molar-refractivity contribution in [1.82, 2.24) is 0 Å². The van der Waals surface area contributed by atoms with Gasteiger partial charge in [-0.1, -0.05) is 27.7 Å². The molecule has 7 heteroatoms. The number of carbonyl (C=O) groups excluding carboxylic acids is 1. The Morgan fingerprint density at radius 2 is 1.55 bits per heavy atom. The molecule has 0 bridgehead atoms. The highest BCUT2D eigenvalue weighted by molar-refractivity contribution is 9.10. The largest absolute Gasteiger partial charge is 0.500 e. The highest BCUT2D eigenvalue weighted by Gasteiger charge is 2.39. The lowest BCUT2D eigenvalue weighted by Crippen LogP contribution is -2.46. The molecular weight excluding hydrogens is 360 g/mol. The Kier molecular flexibility index (Phi) is 10.7. The smallest absolute Gasteiger partial charge is 0.374 e. The molecule has 0 atom stereocenters. The van der Waals surface area contributed by atoms with Gasteiger partial charge in [0.2, 0.25) is 5.12 Å². The second-order valence-electron chi connectivity index (χ2n) is 4.69. The van der Waals surface area contributed by atoms with E-state index in [2.05, 4.69) is 15.9 Å². The standard InChI is InChI=1S/C13H27BrO4SSi/c1-6-16-20(17-7-2,18-8-3)11-9-10-19-12(15)13(4,5)14/h6-11H2,1-5H3. The van der Waals surface area contributed by atoms with Gasteiger partial charge in [0.1, 0.15) is 0 Å². The Morgan fingerprint density at radius 3 is 1.90 bits per heavy atom. The zero-order valence-electron chi connectivity index (χ0n) is 13.2. The summed E-state index contributed by atoms with van der Waals surface area (Å²) < 4.78 is 16.9. The summed E-state index contributed by atoms with van der Waals surface area (Å²) in [6.45, 7) is 11.3. The molecule has 0 aromatic carbocycles. The number of hydrogen-bond donors (Lipinski definition) is 0. The first kappa shape index (κ1) is 20.6. The lowest BCUT2D eigenvalue weighted by atomic mass is 10.2. The van der Waals surface area contributed by atoms with Crippen molar-refractivity contribution in [2.24, 2.45) is 0 Å². The van der Waals surface area contributed by atoms with Crippen LogP contribution in [-0.4, -0.2) is 43.8 Å². The number of halogens is 1.